The first-order valence-electron chi connectivity index (χ1n) is 14.3. The predicted octanol–water partition coefficient (Wildman–Crippen LogP) is 3.36. The quantitative estimate of drug-likeness (QED) is 0.171. The highest BCUT2D eigenvalue weighted by molar-refractivity contribution is 5.76. The van der Waals surface area contributed by atoms with Crippen LogP contribution in [-0.2, 0) is 51.3 Å². The van der Waals surface area contributed by atoms with Crippen LogP contribution in [0.15, 0.2) is 60.7 Å². The van der Waals surface area contributed by atoms with Gasteiger partial charge in [0.2, 0.25) is 0 Å². The van der Waals surface area contributed by atoms with E-state index in [-0.39, 0.29) is 75.1 Å². The lowest BCUT2D eigenvalue weighted by Crippen LogP contribution is -2.67. The van der Waals surface area contributed by atoms with E-state index in [1.54, 1.807) is 0 Å². The molecule has 0 aliphatic carbocycles. The average molecular weight is 588 g/mol. The molecule has 0 spiro atoms. The monoisotopic (exact) mass is 587 g/mol. The van der Waals surface area contributed by atoms with Crippen LogP contribution in [-0.4, -0.2) is 49.2 Å². The van der Waals surface area contributed by atoms with Crippen molar-refractivity contribution in [3.05, 3.63) is 71.8 Å². The minimum absolute atomic E-state index is 0.0355. The van der Waals surface area contributed by atoms with Crippen molar-refractivity contribution in [3.63, 3.8) is 0 Å². The molecular weight excluding hydrogens is 540 g/mol. The van der Waals surface area contributed by atoms with Gasteiger partial charge in [-0.25, -0.2) is 4.79 Å². The fourth-order valence-corrected chi connectivity index (χ4v) is 3.15. The third-order valence-corrected chi connectivity index (χ3v) is 6.12. The smallest absolute Gasteiger partial charge is 0.365 e. The summed E-state index contributed by atoms with van der Waals surface area (Å²) in [6, 6.07) is 18.0. The van der Waals surface area contributed by atoms with Crippen molar-refractivity contribution in [1.29, 1.82) is 0 Å². The number of hydrogen-bond donors (Lipinski definition) is 2. The Morgan fingerprint density at radius 2 is 1.05 bits per heavy atom. The van der Waals surface area contributed by atoms with Crippen LogP contribution in [0.1, 0.15) is 64.5 Å². The molecule has 0 saturated heterocycles. The Labute approximate surface area is 249 Å². The highest BCUT2D eigenvalue weighted by atomic mass is 16.5. The zero-order valence-corrected chi connectivity index (χ0v) is 25.3. The summed E-state index contributed by atoms with van der Waals surface area (Å²) in [4.78, 5) is 46.1. The Kier molecular flexibility index (Phi) is 18.1. The second-order valence-corrected chi connectivity index (χ2v) is 10.5. The van der Waals surface area contributed by atoms with E-state index in [4.69, 9.17) is 24.7 Å². The van der Waals surface area contributed by atoms with Crippen molar-refractivity contribution in [2.45, 2.75) is 78.7 Å². The Morgan fingerprint density at radius 3 is 1.43 bits per heavy atom. The van der Waals surface area contributed by atoms with E-state index in [1.165, 1.54) is 0 Å². The van der Waals surface area contributed by atoms with E-state index >= 15 is 0 Å². The van der Waals surface area contributed by atoms with Crippen LogP contribution >= 0.6 is 0 Å². The summed E-state index contributed by atoms with van der Waals surface area (Å²) >= 11 is 0. The molecule has 0 fully saturated rings. The molecule has 0 unspecified atom stereocenters. The fraction of sp³-hybridized carbons (Fsp3) is 0.500. The molecular formula is C32H47N2O8+. The summed E-state index contributed by atoms with van der Waals surface area (Å²) < 4.78 is 20.3. The average Bonchev–Trinajstić information content (AvgIpc) is 2.99. The molecule has 0 aromatic heterocycles. The number of carbonyl (C=O) groups excluding carboxylic acids is 4. The molecule has 2 atom stereocenters. The molecule has 2 rings (SSSR count). The van der Waals surface area contributed by atoms with E-state index in [0.717, 1.165) is 11.1 Å². The molecule has 0 heterocycles. The second kappa shape index (κ2) is 21.0. The van der Waals surface area contributed by atoms with Crippen LogP contribution in [0.4, 0.5) is 0 Å². The first kappa shape index (κ1) is 36.3. The van der Waals surface area contributed by atoms with E-state index in [1.807, 2.05) is 88.4 Å². The number of nitrogens with two attached hydrogens (primary N) is 1. The minimum Gasteiger partial charge on any atom is -0.465 e. The lowest BCUT2D eigenvalue weighted by Gasteiger charge is -2.14. The third-order valence-electron chi connectivity index (χ3n) is 6.12. The SMILES string of the molecule is CC(C)[C@H](N)C(=O)OCCCC(=O)OCc1ccccc1.CC(C)[C@H]([NH3+])C(=O)OCCCC(=O)OCc1ccccc1. The number of benzene rings is 2. The summed E-state index contributed by atoms with van der Waals surface area (Å²) in [5, 5.41) is 0. The standard InChI is InChI=1S/2C16H23NO4/c2*1-12(2)15(17)16(19)20-10-6-9-14(18)21-11-13-7-4-3-5-8-13/h2*3-5,7-8,12,15H,6,9-11,17H2,1-2H3/p+1/t2*15-/m00/s1. The van der Waals surface area contributed by atoms with Crippen molar-refractivity contribution in [2.24, 2.45) is 17.6 Å². The van der Waals surface area contributed by atoms with E-state index in [2.05, 4.69) is 5.73 Å². The number of esters is 4. The molecule has 0 aliphatic rings. The maximum absolute atomic E-state index is 11.5. The highest BCUT2D eigenvalue weighted by Crippen LogP contribution is 2.06. The van der Waals surface area contributed by atoms with Crippen LogP contribution in [0.2, 0.25) is 0 Å². The second-order valence-electron chi connectivity index (χ2n) is 10.5. The van der Waals surface area contributed by atoms with Gasteiger partial charge in [0, 0.05) is 18.8 Å². The predicted molar refractivity (Wildman–Crippen MR) is 157 cm³/mol. The first-order valence-corrected chi connectivity index (χ1v) is 14.3. The van der Waals surface area contributed by atoms with Crippen molar-refractivity contribution in [1.82, 2.24) is 0 Å². The number of rotatable bonds is 16. The molecule has 0 bridgehead atoms. The van der Waals surface area contributed by atoms with Gasteiger partial charge < -0.3 is 30.4 Å². The summed E-state index contributed by atoms with van der Waals surface area (Å²) in [7, 11) is 0. The Balaban J connectivity index is 0.000000420. The highest BCUT2D eigenvalue weighted by Gasteiger charge is 2.22. The Morgan fingerprint density at radius 1 is 0.643 bits per heavy atom. The van der Waals surface area contributed by atoms with Gasteiger partial charge >= 0.3 is 23.9 Å². The number of hydrogen-bond acceptors (Lipinski definition) is 9. The van der Waals surface area contributed by atoms with Gasteiger partial charge in [-0.05, 0) is 29.9 Å². The molecule has 10 heteroatoms. The number of quaternary nitrogens is 1. The van der Waals surface area contributed by atoms with Crippen LogP contribution in [0, 0.1) is 11.8 Å². The third kappa shape index (κ3) is 16.5. The van der Waals surface area contributed by atoms with Crippen molar-refractivity contribution in [3.8, 4) is 0 Å². The van der Waals surface area contributed by atoms with Gasteiger partial charge in [0.15, 0.2) is 6.04 Å². The summed E-state index contributed by atoms with van der Waals surface area (Å²) in [5.41, 5.74) is 11.3. The van der Waals surface area contributed by atoms with E-state index in [0.29, 0.717) is 12.8 Å². The van der Waals surface area contributed by atoms with Gasteiger partial charge in [-0.1, -0.05) is 88.4 Å². The zero-order chi connectivity index (χ0) is 31.3. The van der Waals surface area contributed by atoms with Gasteiger partial charge in [0.05, 0.1) is 13.2 Å². The zero-order valence-electron chi connectivity index (χ0n) is 25.3. The van der Waals surface area contributed by atoms with E-state index in [9.17, 15) is 19.2 Å². The summed E-state index contributed by atoms with van der Waals surface area (Å²) in [6.07, 6.45) is 1.36. The van der Waals surface area contributed by atoms with Crippen LogP contribution in [0.25, 0.3) is 0 Å². The fourth-order valence-electron chi connectivity index (χ4n) is 3.15. The molecule has 5 N–H and O–H groups in total. The Bertz CT molecular complexity index is 975. The summed E-state index contributed by atoms with van der Waals surface area (Å²) in [5.74, 6) is -1.15. The largest absolute Gasteiger partial charge is 0.465 e. The van der Waals surface area contributed by atoms with Crippen LogP contribution in [0.5, 0.6) is 0 Å². The van der Waals surface area contributed by atoms with Crippen molar-refractivity contribution >= 4 is 23.9 Å². The topological polar surface area (TPSA) is 159 Å². The summed E-state index contributed by atoms with van der Waals surface area (Å²) in [6.45, 7) is 8.47. The molecule has 2 aromatic rings. The number of ether oxygens (including phenoxy) is 4. The lowest BCUT2D eigenvalue weighted by molar-refractivity contribution is -0.418. The molecule has 42 heavy (non-hydrogen) atoms. The Hall–Kier alpha value is -3.76. The molecule has 10 nitrogen and oxygen atoms in total. The maximum atomic E-state index is 11.5. The lowest BCUT2D eigenvalue weighted by atomic mass is 10.1. The molecule has 232 valence electrons. The molecule has 2 aromatic carbocycles. The van der Waals surface area contributed by atoms with Crippen LogP contribution < -0.4 is 11.5 Å². The molecule has 0 radical (unpaired) electrons. The van der Waals surface area contributed by atoms with Gasteiger partial charge in [-0.3, -0.25) is 14.4 Å². The first-order chi connectivity index (χ1) is 20.0. The van der Waals surface area contributed by atoms with Gasteiger partial charge in [0.1, 0.15) is 19.3 Å². The molecule has 0 aliphatic heterocycles. The van der Waals surface area contributed by atoms with Gasteiger partial charge in [-0.2, -0.15) is 0 Å². The van der Waals surface area contributed by atoms with Crippen molar-refractivity contribution in [2.75, 3.05) is 13.2 Å². The van der Waals surface area contributed by atoms with Crippen molar-refractivity contribution < 1.29 is 43.9 Å². The maximum Gasteiger partial charge on any atom is 0.365 e. The minimum atomic E-state index is -0.616. The van der Waals surface area contributed by atoms with Gasteiger partial charge in [0.25, 0.3) is 0 Å². The normalized spacial score (nSPS) is 12.0. The van der Waals surface area contributed by atoms with E-state index < -0.39 is 12.0 Å². The van der Waals surface area contributed by atoms with Crippen LogP contribution in [0.3, 0.4) is 0 Å². The van der Waals surface area contributed by atoms with Gasteiger partial charge in [-0.15, -0.1) is 0 Å². The molecule has 0 saturated carbocycles. The molecule has 0 amide bonds. The number of carbonyl (C=O) groups is 4.